The summed E-state index contributed by atoms with van der Waals surface area (Å²) in [4.78, 5) is 15.6. The monoisotopic (exact) mass is 269 g/mol. The number of nitrogens with zero attached hydrogens (tertiary/aromatic N) is 1. The highest BCUT2D eigenvalue weighted by Crippen LogP contribution is 2.12. The number of pyridine rings is 1. The topological polar surface area (TPSA) is 77.2 Å². The number of ether oxygens (including phenoxy) is 1. The van der Waals surface area contributed by atoms with Crippen LogP contribution in [-0.2, 0) is 4.74 Å². The molecule has 1 rings (SSSR count). The van der Waals surface area contributed by atoms with E-state index in [-0.39, 0.29) is 24.8 Å². The molecule has 5 nitrogen and oxygen atoms in total. The van der Waals surface area contributed by atoms with Gasteiger partial charge in [0, 0.05) is 30.9 Å². The van der Waals surface area contributed by atoms with Crippen molar-refractivity contribution in [2.24, 2.45) is 5.73 Å². The number of aromatic nitrogens is 1. The fourth-order valence-corrected chi connectivity index (χ4v) is 1.47. The van der Waals surface area contributed by atoms with Crippen LogP contribution in [0.4, 0.5) is 9.18 Å². The van der Waals surface area contributed by atoms with E-state index in [2.05, 4.69) is 10.3 Å². The van der Waals surface area contributed by atoms with Crippen molar-refractivity contribution >= 4 is 6.09 Å². The summed E-state index contributed by atoms with van der Waals surface area (Å²) in [5.74, 6) is -0.621. The Hall–Kier alpha value is -1.69. The lowest BCUT2D eigenvalue weighted by atomic mass is 10.1. The molecule has 1 aromatic heterocycles. The molecule has 1 amide bonds. The minimum Gasteiger partial charge on any atom is -0.444 e. The second-order valence-corrected chi connectivity index (χ2v) is 5.21. The van der Waals surface area contributed by atoms with Crippen LogP contribution >= 0.6 is 0 Å². The van der Waals surface area contributed by atoms with E-state index in [1.807, 2.05) is 0 Å². The van der Waals surface area contributed by atoms with Crippen LogP contribution < -0.4 is 11.1 Å². The van der Waals surface area contributed by atoms with Gasteiger partial charge in [-0.3, -0.25) is 4.98 Å². The predicted molar refractivity (Wildman–Crippen MR) is 70.2 cm³/mol. The average Bonchev–Trinajstić information content (AvgIpc) is 2.27. The van der Waals surface area contributed by atoms with Crippen molar-refractivity contribution in [3.63, 3.8) is 0 Å². The van der Waals surface area contributed by atoms with E-state index in [1.165, 1.54) is 18.3 Å². The van der Waals surface area contributed by atoms with Gasteiger partial charge >= 0.3 is 6.09 Å². The molecule has 1 atom stereocenters. The van der Waals surface area contributed by atoms with Crippen LogP contribution in [0.3, 0.4) is 0 Å². The lowest BCUT2D eigenvalue weighted by Gasteiger charge is -2.21. The zero-order valence-corrected chi connectivity index (χ0v) is 11.4. The number of rotatable bonds is 4. The summed E-state index contributed by atoms with van der Waals surface area (Å²) in [7, 11) is 0. The summed E-state index contributed by atoms with van der Waals surface area (Å²) < 4.78 is 18.2. The van der Waals surface area contributed by atoms with Gasteiger partial charge in [0.2, 0.25) is 0 Å². The van der Waals surface area contributed by atoms with Crippen molar-refractivity contribution in [1.29, 1.82) is 0 Å². The molecule has 0 bridgehead atoms. The fraction of sp³-hybridized carbons (Fsp3) is 0.538. The molecule has 6 heteroatoms. The largest absolute Gasteiger partial charge is 0.444 e. The van der Waals surface area contributed by atoms with Gasteiger partial charge in [0.15, 0.2) is 0 Å². The van der Waals surface area contributed by atoms with Gasteiger partial charge in [-0.15, -0.1) is 0 Å². The van der Waals surface area contributed by atoms with Crippen LogP contribution in [0.1, 0.15) is 32.4 Å². The molecular formula is C13H20FN3O2. The van der Waals surface area contributed by atoms with Crippen molar-refractivity contribution in [3.8, 4) is 0 Å². The normalized spacial score (nSPS) is 12.9. The van der Waals surface area contributed by atoms with E-state index >= 15 is 0 Å². The number of halogens is 1. The summed E-state index contributed by atoms with van der Waals surface area (Å²) in [6.45, 7) is 5.84. The van der Waals surface area contributed by atoms with E-state index in [4.69, 9.17) is 10.5 Å². The van der Waals surface area contributed by atoms with Crippen molar-refractivity contribution in [2.75, 3.05) is 13.1 Å². The second-order valence-electron chi connectivity index (χ2n) is 5.21. The minimum absolute atomic E-state index is 0.247. The number of hydrogen-bond acceptors (Lipinski definition) is 4. The SMILES string of the molecule is CC(C)(C)OC(=O)NCC(CN)c1cc(F)ccn1. The van der Waals surface area contributed by atoms with Crippen LogP contribution in [0.5, 0.6) is 0 Å². The number of carbonyl (C=O) groups is 1. The average molecular weight is 269 g/mol. The van der Waals surface area contributed by atoms with Gasteiger partial charge in [-0.2, -0.15) is 0 Å². The number of carbonyl (C=O) groups excluding carboxylic acids is 1. The summed E-state index contributed by atoms with van der Waals surface area (Å²) in [5.41, 5.74) is 5.57. The zero-order chi connectivity index (χ0) is 14.5. The highest BCUT2D eigenvalue weighted by atomic mass is 19.1. The third-order valence-corrected chi connectivity index (χ3v) is 2.34. The first-order chi connectivity index (χ1) is 8.81. The minimum atomic E-state index is -0.556. The third-order valence-electron chi connectivity index (χ3n) is 2.34. The number of amides is 1. The van der Waals surface area contributed by atoms with Gasteiger partial charge in [-0.05, 0) is 32.9 Å². The van der Waals surface area contributed by atoms with Crippen molar-refractivity contribution in [2.45, 2.75) is 32.3 Å². The zero-order valence-electron chi connectivity index (χ0n) is 11.4. The molecule has 0 fully saturated rings. The summed E-state index contributed by atoms with van der Waals surface area (Å²) in [6, 6.07) is 2.58. The number of nitrogens with two attached hydrogens (primary N) is 1. The lowest BCUT2D eigenvalue weighted by molar-refractivity contribution is 0.0524. The van der Waals surface area contributed by atoms with Crippen LogP contribution in [0.15, 0.2) is 18.3 Å². The molecule has 0 aliphatic carbocycles. The van der Waals surface area contributed by atoms with Gasteiger partial charge in [-0.25, -0.2) is 9.18 Å². The molecular weight excluding hydrogens is 249 g/mol. The maximum absolute atomic E-state index is 13.1. The second kappa shape index (κ2) is 6.47. The Morgan fingerprint density at radius 2 is 2.26 bits per heavy atom. The molecule has 0 spiro atoms. The van der Waals surface area contributed by atoms with Crippen LogP contribution in [0, 0.1) is 5.82 Å². The summed E-state index contributed by atoms with van der Waals surface area (Å²) in [6.07, 6.45) is 0.850. The maximum Gasteiger partial charge on any atom is 0.407 e. The van der Waals surface area contributed by atoms with Crippen LogP contribution in [0.2, 0.25) is 0 Å². The van der Waals surface area contributed by atoms with Gasteiger partial charge < -0.3 is 15.8 Å². The Morgan fingerprint density at radius 1 is 1.58 bits per heavy atom. The van der Waals surface area contributed by atoms with Gasteiger partial charge in [0.25, 0.3) is 0 Å². The van der Waals surface area contributed by atoms with E-state index in [0.717, 1.165) is 0 Å². The molecule has 0 aliphatic rings. The van der Waals surface area contributed by atoms with Crippen LogP contribution in [0.25, 0.3) is 0 Å². The molecule has 0 saturated carbocycles. The maximum atomic E-state index is 13.1. The first-order valence-electron chi connectivity index (χ1n) is 6.10. The first-order valence-corrected chi connectivity index (χ1v) is 6.10. The van der Waals surface area contributed by atoms with E-state index in [1.54, 1.807) is 20.8 Å². The van der Waals surface area contributed by atoms with Crippen molar-refractivity contribution in [1.82, 2.24) is 10.3 Å². The fourth-order valence-electron chi connectivity index (χ4n) is 1.47. The van der Waals surface area contributed by atoms with E-state index < -0.39 is 11.7 Å². The Labute approximate surface area is 112 Å². The van der Waals surface area contributed by atoms with E-state index in [0.29, 0.717) is 5.69 Å². The van der Waals surface area contributed by atoms with Crippen LogP contribution in [-0.4, -0.2) is 29.8 Å². The summed E-state index contributed by atoms with van der Waals surface area (Å²) >= 11 is 0. The Bertz CT molecular complexity index is 432. The molecule has 3 N–H and O–H groups in total. The molecule has 0 aromatic carbocycles. The molecule has 0 saturated heterocycles. The number of hydrogen-bond donors (Lipinski definition) is 2. The molecule has 1 aromatic rings. The highest BCUT2D eigenvalue weighted by molar-refractivity contribution is 5.67. The highest BCUT2D eigenvalue weighted by Gasteiger charge is 2.18. The Kier molecular flexibility index (Phi) is 5.23. The Balaban J connectivity index is 2.56. The van der Waals surface area contributed by atoms with E-state index in [9.17, 15) is 9.18 Å². The predicted octanol–water partition coefficient (Wildman–Crippen LogP) is 1.79. The third kappa shape index (κ3) is 5.65. The molecule has 0 aliphatic heterocycles. The molecule has 1 unspecified atom stereocenters. The Morgan fingerprint density at radius 3 is 2.79 bits per heavy atom. The first kappa shape index (κ1) is 15.4. The molecule has 1 heterocycles. The van der Waals surface area contributed by atoms with Gasteiger partial charge in [-0.1, -0.05) is 0 Å². The van der Waals surface area contributed by atoms with Gasteiger partial charge in [0.05, 0.1) is 0 Å². The molecule has 19 heavy (non-hydrogen) atoms. The summed E-state index contributed by atoms with van der Waals surface area (Å²) in [5, 5.41) is 2.60. The number of alkyl carbamates (subject to hydrolysis) is 1. The van der Waals surface area contributed by atoms with Crippen molar-refractivity contribution < 1.29 is 13.9 Å². The standard InChI is InChI=1S/C13H20FN3O2/c1-13(2,3)19-12(18)17-8-9(7-15)11-6-10(14)4-5-16-11/h4-6,9H,7-8,15H2,1-3H3,(H,17,18). The van der Waals surface area contributed by atoms with Crippen molar-refractivity contribution in [3.05, 3.63) is 29.8 Å². The van der Waals surface area contributed by atoms with Gasteiger partial charge in [0.1, 0.15) is 11.4 Å². The quantitative estimate of drug-likeness (QED) is 0.873. The number of nitrogens with one attached hydrogen (secondary N) is 1. The lowest BCUT2D eigenvalue weighted by Crippen LogP contribution is -2.36. The molecule has 0 radical (unpaired) electrons. The smallest absolute Gasteiger partial charge is 0.407 e. The molecule has 106 valence electrons.